The van der Waals surface area contributed by atoms with Crippen molar-refractivity contribution in [2.24, 2.45) is 23.3 Å². The SMILES string of the molecule is CC(C)CC(CC(=O)NO)C(=O)N[C@@H](CCCCN)C(=O)N[C@@H](Cc1cnc[nH]1)C(=O)NCC(=O)NCC(=O)N[C@@H](CCCCNC(=O)CCCC[C@@H]1SC[C@@H]2NC(=O)N[C@@H]21)C(N)=O. The van der Waals surface area contributed by atoms with Crippen molar-refractivity contribution in [3.63, 3.8) is 0 Å². The molecule has 1 unspecified atom stereocenters. The normalized spacial score (nSPS) is 18.3. The molecule has 3 heterocycles. The van der Waals surface area contributed by atoms with Crippen LogP contribution in [0.1, 0.15) is 96.6 Å². The van der Waals surface area contributed by atoms with Gasteiger partial charge in [-0.1, -0.05) is 20.3 Å². The molecule has 24 heteroatoms. The molecule has 7 atom stereocenters. The first-order chi connectivity index (χ1) is 30.6. The third-order valence-corrected chi connectivity index (χ3v) is 12.3. The number of hydrogen-bond donors (Lipinski definition) is 13. The average molecular weight is 922 g/mol. The largest absolute Gasteiger partial charge is 0.368 e. The number of carbonyl (C=O) groups is 9. The number of H-pyrrole nitrogens is 1. The third-order valence-electron chi connectivity index (χ3n) is 10.7. The molecule has 0 aromatic carbocycles. The Morgan fingerprint density at radius 1 is 0.812 bits per heavy atom. The molecule has 0 spiro atoms. The standard InChI is InChI=1S/C40H67N13O10S/c1-23(2)15-24(16-32(55)53-63)37(59)49-27(10-5-7-13-41)39(61)50-28(17-25-18-43-22-47-25)38(60)46-19-33(56)45-20-34(57)48-26(36(42)58)9-6-8-14-44-31(54)12-4-3-11-30-35-29(21-64-30)51-40(62)52-35/h18,22-24,26-30,35,63H,3-17,19-21,41H2,1-2H3,(H2,42,58)(H,43,47)(H,44,54)(H,45,56)(H,46,60)(H,48,57)(H,49,59)(H,50,61)(H,53,55)(H2,51,52,62)/t24?,26-,27-,28-,29-,30-,35-/m0/s1. The molecule has 2 aliphatic heterocycles. The number of fused-ring (bicyclic) bond motifs is 1. The summed E-state index contributed by atoms with van der Waals surface area (Å²) in [5, 5.41) is 30.7. The molecule has 10 amide bonds. The predicted molar refractivity (Wildman–Crippen MR) is 235 cm³/mol. The van der Waals surface area contributed by atoms with Gasteiger partial charge in [-0.15, -0.1) is 0 Å². The number of nitrogens with two attached hydrogens (primary N) is 2. The number of unbranched alkanes of at least 4 members (excludes halogenated alkanes) is 3. The Morgan fingerprint density at radius 2 is 1.53 bits per heavy atom. The lowest BCUT2D eigenvalue weighted by Gasteiger charge is -2.25. The number of nitrogens with zero attached hydrogens (tertiary/aromatic N) is 1. The van der Waals surface area contributed by atoms with Gasteiger partial charge in [-0.05, 0) is 70.3 Å². The molecule has 64 heavy (non-hydrogen) atoms. The van der Waals surface area contributed by atoms with Crippen molar-refractivity contribution >= 4 is 65.1 Å². The summed E-state index contributed by atoms with van der Waals surface area (Å²) in [4.78, 5) is 120. The first-order valence-corrected chi connectivity index (χ1v) is 22.9. The summed E-state index contributed by atoms with van der Waals surface area (Å²) in [6.07, 6.45) is 7.99. The molecule has 0 bridgehead atoms. The fourth-order valence-electron chi connectivity index (χ4n) is 7.40. The van der Waals surface area contributed by atoms with E-state index in [-0.39, 0.29) is 55.6 Å². The number of thioether (sulfide) groups is 1. The number of aromatic amines is 1. The van der Waals surface area contributed by atoms with Gasteiger partial charge in [0.2, 0.25) is 47.3 Å². The number of amides is 10. The number of urea groups is 1. The van der Waals surface area contributed by atoms with Crippen molar-refractivity contribution < 1.29 is 48.4 Å². The summed E-state index contributed by atoms with van der Waals surface area (Å²) in [6, 6.07) is -3.21. The van der Waals surface area contributed by atoms with Gasteiger partial charge >= 0.3 is 6.03 Å². The molecule has 358 valence electrons. The van der Waals surface area contributed by atoms with E-state index in [0.717, 1.165) is 25.0 Å². The minimum atomic E-state index is -1.24. The van der Waals surface area contributed by atoms with Gasteiger partial charge in [0.25, 0.3) is 0 Å². The summed E-state index contributed by atoms with van der Waals surface area (Å²) in [7, 11) is 0. The van der Waals surface area contributed by atoms with Crippen LogP contribution in [0.15, 0.2) is 12.5 Å². The summed E-state index contributed by atoms with van der Waals surface area (Å²) < 4.78 is 0. The second-order valence-corrected chi connectivity index (χ2v) is 17.8. The fourth-order valence-corrected chi connectivity index (χ4v) is 8.94. The summed E-state index contributed by atoms with van der Waals surface area (Å²) in [6.45, 7) is 3.32. The fraction of sp³-hybridized carbons (Fsp3) is 0.700. The van der Waals surface area contributed by atoms with Crippen molar-refractivity contribution in [2.45, 2.75) is 133 Å². The molecular weight excluding hydrogens is 855 g/mol. The van der Waals surface area contributed by atoms with Gasteiger partial charge in [0, 0.05) is 54.6 Å². The van der Waals surface area contributed by atoms with Crippen molar-refractivity contribution in [3.05, 3.63) is 18.2 Å². The number of primary amides is 1. The number of hydrogen-bond acceptors (Lipinski definition) is 13. The van der Waals surface area contributed by atoms with Gasteiger partial charge in [-0.25, -0.2) is 15.3 Å². The second-order valence-electron chi connectivity index (χ2n) is 16.5. The lowest BCUT2D eigenvalue weighted by molar-refractivity contribution is -0.137. The lowest BCUT2D eigenvalue weighted by atomic mass is 9.92. The number of aromatic nitrogens is 2. The minimum Gasteiger partial charge on any atom is -0.368 e. The second kappa shape index (κ2) is 28.3. The maximum absolute atomic E-state index is 13.7. The van der Waals surface area contributed by atoms with Crippen LogP contribution < -0.4 is 59.5 Å². The molecule has 0 saturated carbocycles. The van der Waals surface area contributed by atoms with Gasteiger partial charge in [-0.3, -0.25) is 43.6 Å². The Kier molecular flexibility index (Phi) is 23.4. The van der Waals surface area contributed by atoms with Crippen LogP contribution in [0.4, 0.5) is 4.79 Å². The van der Waals surface area contributed by atoms with E-state index in [1.165, 1.54) is 18.0 Å². The number of nitrogens with one attached hydrogen (secondary N) is 10. The van der Waals surface area contributed by atoms with Crippen molar-refractivity contribution in [1.29, 1.82) is 0 Å². The van der Waals surface area contributed by atoms with E-state index >= 15 is 0 Å². The van der Waals surface area contributed by atoms with E-state index in [1.54, 1.807) is 0 Å². The summed E-state index contributed by atoms with van der Waals surface area (Å²) in [5.74, 6) is -5.06. The van der Waals surface area contributed by atoms with Crippen LogP contribution in [0, 0.1) is 11.8 Å². The van der Waals surface area contributed by atoms with Crippen LogP contribution in [-0.2, 0) is 44.8 Å². The number of hydroxylamine groups is 1. The monoisotopic (exact) mass is 921 g/mol. The highest BCUT2D eigenvalue weighted by Crippen LogP contribution is 2.33. The Balaban J connectivity index is 1.41. The zero-order valence-corrected chi connectivity index (χ0v) is 37.4. The molecule has 23 nitrogen and oxygen atoms in total. The quantitative estimate of drug-likeness (QED) is 0.0163. The third kappa shape index (κ3) is 19.5. The van der Waals surface area contributed by atoms with E-state index in [9.17, 15) is 43.2 Å². The molecule has 1 aromatic rings. The molecule has 15 N–H and O–H groups in total. The van der Waals surface area contributed by atoms with E-state index in [1.807, 2.05) is 25.6 Å². The molecule has 0 aliphatic carbocycles. The van der Waals surface area contributed by atoms with Crippen LogP contribution in [0.3, 0.4) is 0 Å². The summed E-state index contributed by atoms with van der Waals surface area (Å²) >= 11 is 1.83. The van der Waals surface area contributed by atoms with E-state index < -0.39 is 78.5 Å². The zero-order valence-electron chi connectivity index (χ0n) is 36.6. The van der Waals surface area contributed by atoms with Crippen LogP contribution >= 0.6 is 11.8 Å². The Bertz CT molecular complexity index is 1720. The maximum Gasteiger partial charge on any atom is 0.315 e. The Labute approximate surface area is 376 Å². The first-order valence-electron chi connectivity index (χ1n) is 21.9. The van der Waals surface area contributed by atoms with E-state index in [0.29, 0.717) is 62.6 Å². The molecule has 2 fully saturated rings. The van der Waals surface area contributed by atoms with Gasteiger partial charge in [-0.2, -0.15) is 11.8 Å². The number of carbonyl (C=O) groups excluding carboxylic acids is 9. The van der Waals surface area contributed by atoms with Gasteiger partial charge < -0.3 is 59.0 Å². The van der Waals surface area contributed by atoms with Crippen molar-refractivity contribution in [2.75, 3.05) is 31.9 Å². The topological polar surface area (TPSA) is 363 Å². The Hall–Kier alpha value is -5.49. The van der Waals surface area contributed by atoms with Gasteiger partial charge in [0.15, 0.2) is 0 Å². The lowest BCUT2D eigenvalue weighted by Crippen LogP contribution is -2.56. The maximum atomic E-state index is 13.7. The zero-order chi connectivity index (χ0) is 47.0. The number of rotatable bonds is 31. The molecule has 2 saturated heterocycles. The van der Waals surface area contributed by atoms with Crippen LogP contribution in [0.25, 0.3) is 0 Å². The summed E-state index contributed by atoms with van der Waals surface area (Å²) in [5.41, 5.74) is 13.2. The minimum absolute atomic E-state index is 0.0108. The van der Waals surface area contributed by atoms with Crippen LogP contribution in [0.2, 0.25) is 0 Å². The highest BCUT2D eigenvalue weighted by molar-refractivity contribution is 8.00. The highest BCUT2D eigenvalue weighted by atomic mass is 32.2. The molecule has 1 aromatic heterocycles. The van der Waals surface area contributed by atoms with Crippen molar-refractivity contribution in [3.8, 4) is 0 Å². The number of imidazole rings is 1. The van der Waals surface area contributed by atoms with Crippen LogP contribution in [-0.4, -0.2) is 136 Å². The molecule has 0 radical (unpaired) electrons. The molecule has 3 rings (SSSR count). The van der Waals surface area contributed by atoms with Gasteiger partial charge in [0.1, 0.15) is 18.1 Å². The van der Waals surface area contributed by atoms with E-state index in [2.05, 4.69) is 52.5 Å². The highest BCUT2D eigenvalue weighted by Gasteiger charge is 2.42. The predicted octanol–water partition coefficient (Wildman–Crippen LogP) is -2.18. The van der Waals surface area contributed by atoms with Crippen molar-refractivity contribution in [1.82, 2.24) is 58.0 Å². The average Bonchev–Trinajstić information content (AvgIpc) is 4.00. The Morgan fingerprint density at radius 3 is 2.22 bits per heavy atom. The smallest absolute Gasteiger partial charge is 0.315 e. The van der Waals surface area contributed by atoms with Gasteiger partial charge in [0.05, 0.1) is 31.5 Å². The molecule has 2 aliphatic rings. The first kappa shape index (κ1) is 52.9. The van der Waals surface area contributed by atoms with E-state index in [4.69, 9.17) is 16.7 Å². The molecular formula is C40H67N13O10S. The van der Waals surface area contributed by atoms with Crippen LogP contribution in [0.5, 0.6) is 0 Å².